The highest BCUT2D eigenvalue weighted by Crippen LogP contribution is 2.35. The van der Waals surface area contributed by atoms with Crippen LogP contribution >= 0.6 is 11.6 Å². The molecule has 2 heterocycles. The molecule has 0 fully saturated rings. The van der Waals surface area contributed by atoms with Crippen molar-refractivity contribution < 1.29 is 14.3 Å². The molecular formula is C19H21ClN4O3. The molecule has 0 saturated carbocycles. The van der Waals surface area contributed by atoms with E-state index in [1.165, 1.54) is 0 Å². The first kappa shape index (κ1) is 19.0. The second kappa shape index (κ2) is 7.44. The summed E-state index contributed by atoms with van der Waals surface area (Å²) in [6, 6.07) is 6.58. The van der Waals surface area contributed by atoms with E-state index in [9.17, 15) is 9.59 Å². The summed E-state index contributed by atoms with van der Waals surface area (Å²) in [6.45, 7) is 7.40. The molecule has 1 aromatic carbocycles. The van der Waals surface area contributed by atoms with Gasteiger partial charge >= 0.3 is 12.0 Å². The Hall–Kier alpha value is -2.80. The number of aryl methyl sites for hydroxylation is 2. The lowest BCUT2D eigenvalue weighted by molar-refractivity contribution is -0.139. The van der Waals surface area contributed by atoms with Crippen LogP contribution in [0, 0.1) is 13.8 Å². The van der Waals surface area contributed by atoms with Crippen molar-refractivity contribution in [1.29, 1.82) is 0 Å². The SMILES string of the molecule is CCOC(=O)C1=C(C)NC(=O)N[C@H]1c1c(C)nn(-c2ccc(C)cc2)c1Cl. The molecule has 7 nitrogen and oxygen atoms in total. The number of aromatic nitrogens is 2. The van der Waals surface area contributed by atoms with Gasteiger partial charge < -0.3 is 15.4 Å². The topological polar surface area (TPSA) is 85.2 Å². The molecule has 0 radical (unpaired) electrons. The van der Waals surface area contributed by atoms with Gasteiger partial charge in [0.2, 0.25) is 0 Å². The third kappa shape index (κ3) is 3.55. The third-order valence-corrected chi connectivity index (χ3v) is 4.74. The largest absolute Gasteiger partial charge is 0.463 e. The number of amides is 2. The minimum absolute atomic E-state index is 0.228. The van der Waals surface area contributed by atoms with Crippen molar-refractivity contribution in [3.63, 3.8) is 0 Å². The van der Waals surface area contributed by atoms with Crippen molar-refractivity contribution in [2.75, 3.05) is 6.61 Å². The molecule has 1 atom stereocenters. The Morgan fingerprint density at radius 1 is 1.26 bits per heavy atom. The van der Waals surface area contributed by atoms with Crippen LogP contribution in [0.15, 0.2) is 35.5 Å². The Morgan fingerprint density at radius 2 is 1.93 bits per heavy atom. The first-order chi connectivity index (χ1) is 12.8. The number of hydrogen-bond donors (Lipinski definition) is 2. The van der Waals surface area contributed by atoms with Crippen molar-refractivity contribution in [1.82, 2.24) is 20.4 Å². The normalized spacial score (nSPS) is 16.8. The fourth-order valence-corrected chi connectivity index (χ4v) is 3.47. The predicted octanol–water partition coefficient (Wildman–Crippen LogP) is 3.33. The summed E-state index contributed by atoms with van der Waals surface area (Å²) < 4.78 is 6.76. The molecule has 0 saturated heterocycles. The average molecular weight is 389 g/mol. The van der Waals surface area contributed by atoms with Gasteiger partial charge in [0.15, 0.2) is 0 Å². The predicted molar refractivity (Wildman–Crippen MR) is 102 cm³/mol. The maximum atomic E-state index is 12.5. The summed E-state index contributed by atoms with van der Waals surface area (Å²) in [5.74, 6) is -0.508. The van der Waals surface area contributed by atoms with E-state index in [4.69, 9.17) is 16.3 Å². The van der Waals surface area contributed by atoms with Crippen LogP contribution in [0.1, 0.15) is 36.7 Å². The maximum Gasteiger partial charge on any atom is 0.338 e. The van der Waals surface area contributed by atoms with Crippen molar-refractivity contribution in [2.45, 2.75) is 33.7 Å². The summed E-state index contributed by atoms with van der Waals surface area (Å²) in [6.07, 6.45) is 0. The van der Waals surface area contributed by atoms with Gasteiger partial charge in [-0.2, -0.15) is 5.10 Å². The standard InChI is InChI=1S/C19H21ClN4O3/c1-5-27-18(25)15-11(3)21-19(26)22-16(15)14-12(4)23-24(17(14)20)13-8-6-10(2)7-9-13/h6-9,16H,5H2,1-4H3,(H2,21,22,26)/t16-/m0/s1. The number of rotatable bonds is 4. The number of halogens is 1. The summed E-state index contributed by atoms with van der Waals surface area (Å²) in [5, 5.41) is 10.2. The average Bonchev–Trinajstić information content (AvgIpc) is 2.89. The molecule has 8 heteroatoms. The number of hydrogen-bond acceptors (Lipinski definition) is 4. The summed E-state index contributed by atoms with van der Waals surface area (Å²) in [7, 11) is 0. The molecule has 1 aromatic heterocycles. The summed E-state index contributed by atoms with van der Waals surface area (Å²) in [5.41, 5.74) is 3.83. The van der Waals surface area contributed by atoms with Crippen molar-refractivity contribution >= 4 is 23.6 Å². The number of esters is 1. The highest BCUT2D eigenvalue weighted by molar-refractivity contribution is 6.31. The zero-order chi connectivity index (χ0) is 19.7. The van der Waals surface area contributed by atoms with E-state index in [0.29, 0.717) is 27.7 Å². The van der Waals surface area contributed by atoms with Gasteiger partial charge in [0.05, 0.1) is 29.6 Å². The molecule has 0 unspecified atom stereocenters. The minimum Gasteiger partial charge on any atom is -0.463 e. The molecule has 2 aromatic rings. The highest BCUT2D eigenvalue weighted by Gasteiger charge is 2.36. The van der Waals surface area contributed by atoms with Crippen LogP contribution in [-0.4, -0.2) is 28.4 Å². The Kier molecular flexibility index (Phi) is 5.23. The number of carbonyl (C=O) groups is 2. The Balaban J connectivity index is 2.11. The fraction of sp³-hybridized carbons (Fsp3) is 0.316. The molecule has 2 N–H and O–H groups in total. The van der Waals surface area contributed by atoms with Crippen LogP contribution in [0.2, 0.25) is 5.15 Å². The van der Waals surface area contributed by atoms with E-state index in [1.807, 2.05) is 31.2 Å². The van der Waals surface area contributed by atoms with Crippen molar-refractivity contribution in [3.8, 4) is 5.69 Å². The lowest BCUT2D eigenvalue weighted by Crippen LogP contribution is -2.45. The zero-order valence-electron chi connectivity index (χ0n) is 15.6. The minimum atomic E-state index is -0.746. The summed E-state index contributed by atoms with van der Waals surface area (Å²) in [4.78, 5) is 24.5. The van der Waals surface area contributed by atoms with Gasteiger partial charge in [0.25, 0.3) is 0 Å². The first-order valence-electron chi connectivity index (χ1n) is 8.61. The number of benzene rings is 1. The van der Waals surface area contributed by atoms with E-state index < -0.39 is 18.0 Å². The van der Waals surface area contributed by atoms with Gasteiger partial charge in [-0.05, 0) is 39.8 Å². The molecule has 2 amide bonds. The highest BCUT2D eigenvalue weighted by atomic mass is 35.5. The van der Waals surface area contributed by atoms with E-state index >= 15 is 0 Å². The molecule has 142 valence electrons. The van der Waals surface area contributed by atoms with Crippen molar-refractivity contribution in [3.05, 3.63) is 57.5 Å². The Morgan fingerprint density at radius 3 is 2.56 bits per heavy atom. The van der Waals surface area contributed by atoms with Gasteiger partial charge in [-0.15, -0.1) is 0 Å². The second-order valence-electron chi connectivity index (χ2n) is 6.33. The number of ether oxygens (including phenoxy) is 1. The smallest absolute Gasteiger partial charge is 0.338 e. The van der Waals surface area contributed by atoms with E-state index in [1.54, 1.807) is 25.5 Å². The van der Waals surface area contributed by atoms with E-state index in [2.05, 4.69) is 15.7 Å². The number of allylic oxidation sites excluding steroid dienone is 1. The molecular weight excluding hydrogens is 368 g/mol. The quantitative estimate of drug-likeness (QED) is 0.786. The van der Waals surface area contributed by atoms with E-state index in [0.717, 1.165) is 11.3 Å². The maximum absolute atomic E-state index is 12.5. The molecule has 0 bridgehead atoms. The van der Waals surface area contributed by atoms with Gasteiger partial charge in [0, 0.05) is 11.3 Å². The second-order valence-corrected chi connectivity index (χ2v) is 6.69. The number of carbonyl (C=O) groups excluding carboxylic acids is 2. The van der Waals surface area contributed by atoms with Crippen LogP contribution in [0.4, 0.5) is 4.79 Å². The Labute approximate surface area is 162 Å². The molecule has 0 aliphatic carbocycles. The van der Waals surface area contributed by atoms with Crippen molar-refractivity contribution in [2.24, 2.45) is 0 Å². The molecule has 27 heavy (non-hydrogen) atoms. The summed E-state index contributed by atoms with van der Waals surface area (Å²) >= 11 is 6.63. The lowest BCUT2D eigenvalue weighted by Gasteiger charge is -2.27. The van der Waals surface area contributed by atoms with Crippen LogP contribution in [0.25, 0.3) is 5.69 Å². The van der Waals surface area contributed by atoms with Gasteiger partial charge in [0.1, 0.15) is 5.15 Å². The van der Waals surface area contributed by atoms with Gasteiger partial charge in [-0.3, -0.25) is 0 Å². The Bertz CT molecular complexity index is 931. The molecule has 3 rings (SSSR count). The number of nitrogens with zero attached hydrogens (tertiary/aromatic N) is 2. The molecule has 1 aliphatic heterocycles. The first-order valence-corrected chi connectivity index (χ1v) is 8.98. The van der Waals surface area contributed by atoms with Gasteiger partial charge in [-0.25, -0.2) is 14.3 Å². The number of nitrogens with one attached hydrogen (secondary N) is 2. The molecule has 0 spiro atoms. The van der Waals surface area contributed by atoms with E-state index in [-0.39, 0.29) is 6.61 Å². The monoisotopic (exact) mass is 388 g/mol. The molecule has 1 aliphatic rings. The third-order valence-electron chi connectivity index (χ3n) is 4.38. The number of urea groups is 1. The van der Waals surface area contributed by atoms with Crippen LogP contribution in [0.5, 0.6) is 0 Å². The van der Waals surface area contributed by atoms with Crippen LogP contribution in [-0.2, 0) is 9.53 Å². The van der Waals surface area contributed by atoms with Gasteiger partial charge in [-0.1, -0.05) is 29.3 Å². The van der Waals surface area contributed by atoms with Crippen LogP contribution in [0.3, 0.4) is 0 Å². The lowest BCUT2D eigenvalue weighted by atomic mass is 9.96. The van der Waals surface area contributed by atoms with Crippen LogP contribution < -0.4 is 10.6 Å². The zero-order valence-corrected chi connectivity index (χ0v) is 16.3. The fourth-order valence-electron chi connectivity index (χ4n) is 3.09.